The number of nitrogens with two attached hydrogens (primary N) is 2. The fourth-order valence-electron chi connectivity index (χ4n) is 2.04. The molecular formula is C16H26N4O8. The van der Waals surface area contributed by atoms with Gasteiger partial charge in [0.15, 0.2) is 0 Å². The van der Waals surface area contributed by atoms with Gasteiger partial charge in [-0.15, -0.1) is 0 Å². The molecule has 0 saturated carbocycles. The highest BCUT2D eigenvalue weighted by Gasteiger charge is 2.26. The van der Waals surface area contributed by atoms with E-state index in [1.807, 2.05) is 0 Å². The van der Waals surface area contributed by atoms with Gasteiger partial charge < -0.3 is 37.4 Å². The van der Waals surface area contributed by atoms with Gasteiger partial charge in [0.05, 0.1) is 6.04 Å². The van der Waals surface area contributed by atoms with Crippen molar-refractivity contribution < 1.29 is 39.3 Å². The predicted molar refractivity (Wildman–Crippen MR) is 96.0 cm³/mol. The number of aliphatic carboxylic acids is 3. The van der Waals surface area contributed by atoms with Crippen LogP contribution in [0.25, 0.3) is 0 Å². The van der Waals surface area contributed by atoms with E-state index in [4.69, 9.17) is 21.7 Å². The van der Waals surface area contributed by atoms with Gasteiger partial charge in [-0.1, -0.05) is 12.2 Å². The number of hydrogen-bond donors (Lipinski definition) is 7. The Hall–Kier alpha value is -2.99. The van der Waals surface area contributed by atoms with E-state index in [1.165, 1.54) is 6.92 Å². The molecule has 28 heavy (non-hydrogen) atoms. The van der Waals surface area contributed by atoms with Gasteiger partial charge in [-0.2, -0.15) is 0 Å². The Bertz CT molecular complexity index is 634. The lowest BCUT2D eigenvalue weighted by Crippen LogP contribution is -2.47. The van der Waals surface area contributed by atoms with E-state index in [2.05, 4.69) is 17.2 Å². The zero-order chi connectivity index (χ0) is 22.0. The molecule has 0 saturated heterocycles. The van der Waals surface area contributed by atoms with Crippen molar-refractivity contribution in [2.45, 2.75) is 56.8 Å². The summed E-state index contributed by atoms with van der Waals surface area (Å²) in [7, 11) is 0. The van der Waals surface area contributed by atoms with Crippen molar-refractivity contribution in [1.82, 2.24) is 10.6 Å². The molecule has 0 fully saturated rings. The minimum Gasteiger partial charge on any atom is -0.480 e. The molecule has 0 bridgehead atoms. The first-order valence-electron chi connectivity index (χ1n) is 8.31. The van der Waals surface area contributed by atoms with Crippen LogP contribution in [0.3, 0.4) is 0 Å². The van der Waals surface area contributed by atoms with Crippen molar-refractivity contribution in [2.75, 3.05) is 0 Å². The second kappa shape index (κ2) is 11.7. The average Bonchev–Trinajstić information content (AvgIpc) is 2.57. The molecule has 2 amide bonds. The maximum atomic E-state index is 11.8. The van der Waals surface area contributed by atoms with Crippen LogP contribution in [-0.2, 0) is 24.0 Å². The SMILES string of the molecule is C=C(CC(NC(=O)CC[C@H](N)C(=O)O)C(=O)O)CC(NC(=O)[C@H](C)N)C(=O)O. The fourth-order valence-corrected chi connectivity index (χ4v) is 2.04. The number of hydrogen-bond acceptors (Lipinski definition) is 7. The van der Waals surface area contributed by atoms with E-state index in [9.17, 15) is 29.1 Å². The molecular weight excluding hydrogens is 376 g/mol. The Morgan fingerprint density at radius 3 is 1.75 bits per heavy atom. The summed E-state index contributed by atoms with van der Waals surface area (Å²) in [5.74, 6) is -5.45. The van der Waals surface area contributed by atoms with Crippen LogP contribution in [0.4, 0.5) is 0 Å². The Balaban J connectivity index is 4.81. The molecule has 0 aliphatic carbocycles. The molecule has 0 aromatic carbocycles. The lowest BCUT2D eigenvalue weighted by atomic mass is 10.00. The summed E-state index contributed by atoms with van der Waals surface area (Å²) < 4.78 is 0. The Labute approximate surface area is 160 Å². The molecule has 0 aliphatic heterocycles. The molecule has 0 aromatic heterocycles. The summed E-state index contributed by atoms with van der Waals surface area (Å²) in [6, 6.07) is -4.95. The third-order valence-corrected chi connectivity index (χ3v) is 3.65. The largest absolute Gasteiger partial charge is 0.480 e. The van der Waals surface area contributed by atoms with Crippen molar-refractivity contribution in [3.8, 4) is 0 Å². The number of carboxylic acids is 3. The summed E-state index contributed by atoms with van der Waals surface area (Å²) in [5.41, 5.74) is 10.8. The fraction of sp³-hybridized carbons (Fsp3) is 0.562. The van der Waals surface area contributed by atoms with Crippen LogP contribution >= 0.6 is 0 Å². The first kappa shape index (κ1) is 25.0. The van der Waals surface area contributed by atoms with Gasteiger partial charge in [-0.25, -0.2) is 9.59 Å². The third kappa shape index (κ3) is 9.64. The van der Waals surface area contributed by atoms with Crippen LogP contribution in [0.15, 0.2) is 12.2 Å². The second-order valence-corrected chi connectivity index (χ2v) is 6.29. The molecule has 0 aromatic rings. The molecule has 0 aliphatic rings. The number of nitrogens with one attached hydrogen (secondary N) is 2. The number of amides is 2. The summed E-state index contributed by atoms with van der Waals surface area (Å²) in [6.07, 6.45) is -1.04. The van der Waals surface area contributed by atoms with Crippen molar-refractivity contribution >= 4 is 29.7 Å². The van der Waals surface area contributed by atoms with Crippen molar-refractivity contribution in [3.63, 3.8) is 0 Å². The average molecular weight is 402 g/mol. The van der Waals surface area contributed by atoms with Crippen molar-refractivity contribution in [3.05, 3.63) is 12.2 Å². The standard InChI is InChI=1S/C16H26N4O8/c1-7(6-11(16(27)28)20-13(22)8(2)17)5-10(15(25)26)19-12(21)4-3-9(18)14(23)24/h8-11H,1,3-6,17-18H2,2H3,(H,19,21)(H,20,22)(H,23,24)(H,25,26)(H,27,28)/t8-,9-,10?,11?/m0/s1. The van der Waals surface area contributed by atoms with Crippen LogP contribution in [-0.4, -0.2) is 69.2 Å². The van der Waals surface area contributed by atoms with Gasteiger partial charge in [0, 0.05) is 6.42 Å². The first-order valence-corrected chi connectivity index (χ1v) is 8.31. The highest BCUT2D eigenvalue weighted by molar-refractivity contribution is 5.87. The number of carboxylic acid groups (broad SMARTS) is 3. The Morgan fingerprint density at radius 1 is 0.893 bits per heavy atom. The van der Waals surface area contributed by atoms with E-state index in [-0.39, 0.29) is 31.3 Å². The van der Waals surface area contributed by atoms with Crippen LogP contribution < -0.4 is 22.1 Å². The van der Waals surface area contributed by atoms with Gasteiger partial charge in [-0.05, 0) is 26.2 Å². The zero-order valence-corrected chi connectivity index (χ0v) is 15.4. The predicted octanol–water partition coefficient (Wildman–Crippen LogP) is -2.00. The summed E-state index contributed by atoms with van der Waals surface area (Å²) in [5, 5.41) is 31.5. The first-order chi connectivity index (χ1) is 12.8. The van der Waals surface area contributed by atoms with E-state index >= 15 is 0 Å². The maximum Gasteiger partial charge on any atom is 0.326 e. The molecule has 12 nitrogen and oxygen atoms in total. The highest BCUT2D eigenvalue weighted by Crippen LogP contribution is 2.12. The third-order valence-electron chi connectivity index (χ3n) is 3.65. The topological polar surface area (TPSA) is 222 Å². The quantitative estimate of drug-likeness (QED) is 0.168. The molecule has 0 heterocycles. The summed E-state index contributed by atoms with van der Waals surface area (Å²) in [4.78, 5) is 56.6. The van der Waals surface area contributed by atoms with Crippen LogP contribution in [0.1, 0.15) is 32.6 Å². The number of carbonyl (C=O) groups is 5. The molecule has 2 unspecified atom stereocenters. The molecule has 0 radical (unpaired) electrons. The Kier molecular flexibility index (Phi) is 10.4. The van der Waals surface area contributed by atoms with Crippen molar-refractivity contribution in [1.29, 1.82) is 0 Å². The van der Waals surface area contributed by atoms with E-state index < -0.39 is 53.9 Å². The monoisotopic (exact) mass is 402 g/mol. The van der Waals surface area contributed by atoms with Crippen LogP contribution in [0.5, 0.6) is 0 Å². The molecule has 12 heteroatoms. The molecule has 158 valence electrons. The Morgan fingerprint density at radius 2 is 1.36 bits per heavy atom. The molecule has 0 rings (SSSR count). The van der Waals surface area contributed by atoms with Gasteiger partial charge in [-0.3, -0.25) is 14.4 Å². The van der Waals surface area contributed by atoms with Crippen molar-refractivity contribution in [2.24, 2.45) is 11.5 Å². The minimum atomic E-state index is -1.40. The molecule has 4 atom stereocenters. The van der Waals surface area contributed by atoms with E-state index in [0.29, 0.717) is 0 Å². The van der Waals surface area contributed by atoms with E-state index in [1.54, 1.807) is 0 Å². The van der Waals surface area contributed by atoms with Crippen LogP contribution in [0, 0.1) is 0 Å². The van der Waals surface area contributed by atoms with Gasteiger partial charge in [0.25, 0.3) is 0 Å². The zero-order valence-electron chi connectivity index (χ0n) is 15.4. The van der Waals surface area contributed by atoms with Gasteiger partial charge in [0.2, 0.25) is 11.8 Å². The summed E-state index contributed by atoms with van der Waals surface area (Å²) >= 11 is 0. The highest BCUT2D eigenvalue weighted by atomic mass is 16.4. The second-order valence-electron chi connectivity index (χ2n) is 6.29. The lowest BCUT2D eigenvalue weighted by molar-refractivity contribution is -0.142. The molecule has 9 N–H and O–H groups in total. The number of carbonyl (C=O) groups excluding carboxylic acids is 2. The van der Waals surface area contributed by atoms with E-state index in [0.717, 1.165) is 0 Å². The van der Waals surface area contributed by atoms with Gasteiger partial charge >= 0.3 is 17.9 Å². The molecule has 0 spiro atoms. The maximum absolute atomic E-state index is 11.8. The van der Waals surface area contributed by atoms with Gasteiger partial charge in [0.1, 0.15) is 18.1 Å². The van der Waals surface area contributed by atoms with Crippen LogP contribution in [0.2, 0.25) is 0 Å². The number of rotatable bonds is 13. The normalized spacial score (nSPS) is 14.8. The summed E-state index contributed by atoms with van der Waals surface area (Å²) in [6.45, 7) is 4.97. The smallest absolute Gasteiger partial charge is 0.326 e. The minimum absolute atomic E-state index is 0.160. The lowest BCUT2D eigenvalue weighted by Gasteiger charge is -2.20.